The normalized spacial score (nSPS) is 19.5. The van der Waals surface area contributed by atoms with Gasteiger partial charge in [-0.2, -0.15) is 5.01 Å². The summed E-state index contributed by atoms with van der Waals surface area (Å²) in [5.74, 6) is 0.685. The standard InChI is InChI=1S/C3H4N2O2S/c6-3-5(4-7)1-2-8-3/h1-2H2. The van der Waals surface area contributed by atoms with Crippen LogP contribution in [-0.2, 0) is 0 Å². The average Bonchev–Trinajstić information content (AvgIpc) is 2.14. The molecule has 0 bridgehead atoms. The smallest absolute Gasteiger partial charge is 0.260 e. The monoisotopic (exact) mass is 132 g/mol. The fourth-order valence-corrected chi connectivity index (χ4v) is 1.17. The van der Waals surface area contributed by atoms with Crippen molar-refractivity contribution in [3.63, 3.8) is 0 Å². The molecule has 0 spiro atoms. The topological polar surface area (TPSA) is 49.7 Å². The summed E-state index contributed by atoms with van der Waals surface area (Å²) in [6.45, 7) is 0.465. The minimum atomic E-state index is -0.236. The van der Waals surface area contributed by atoms with Gasteiger partial charge in [-0.25, -0.2) is 0 Å². The maximum absolute atomic E-state index is 10.4. The van der Waals surface area contributed by atoms with Gasteiger partial charge in [0.15, 0.2) is 0 Å². The summed E-state index contributed by atoms with van der Waals surface area (Å²) in [5.41, 5.74) is 0. The third-order valence-corrected chi connectivity index (χ3v) is 1.68. The molecule has 0 N–H and O–H groups in total. The maximum Gasteiger partial charge on any atom is 0.304 e. The van der Waals surface area contributed by atoms with E-state index >= 15 is 0 Å². The average molecular weight is 132 g/mol. The lowest BCUT2D eigenvalue weighted by Gasteiger charge is -1.96. The van der Waals surface area contributed by atoms with E-state index in [2.05, 4.69) is 5.29 Å². The Kier molecular flexibility index (Phi) is 1.48. The third kappa shape index (κ3) is 0.812. The highest BCUT2D eigenvalue weighted by Crippen LogP contribution is 2.16. The second kappa shape index (κ2) is 2.13. The molecule has 5 heteroatoms. The minimum Gasteiger partial charge on any atom is -0.260 e. The van der Waals surface area contributed by atoms with Gasteiger partial charge < -0.3 is 0 Å². The van der Waals surface area contributed by atoms with Crippen LogP contribution >= 0.6 is 11.8 Å². The van der Waals surface area contributed by atoms with Crippen molar-refractivity contribution in [3.05, 3.63) is 4.91 Å². The summed E-state index contributed by atoms with van der Waals surface area (Å²) in [6, 6.07) is 0. The van der Waals surface area contributed by atoms with Gasteiger partial charge in [-0.3, -0.25) is 4.79 Å². The highest BCUT2D eigenvalue weighted by molar-refractivity contribution is 8.13. The van der Waals surface area contributed by atoms with Crippen LogP contribution in [0.2, 0.25) is 0 Å². The van der Waals surface area contributed by atoms with E-state index in [1.165, 1.54) is 0 Å². The van der Waals surface area contributed by atoms with E-state index in [1.54, 1.807) is 0 Å². The number of nitroso groups, excluding NO2 is 1. The van der Waals surface area contributed by atoms with Crippen LogP contribution in [0.4, 0.5) is 4.79 Å². The number of thioether (sulfide) groups is 1. The van der Waals surface area contributed by atoms with E-state index in [0.717, 1.165) is 16.8 Å². The summed E-state index contributed by atoms with van der Waals surface area (Å²) in [5, 5.41) is 3.17. The van der Waals surface area contributed by atoms with Gasteiger partial charge in [0, 0.05) is 5.75 Å². The molecule has 0 atom stereocenters. The van der Waals surface area contributed by atoms with Crippen molar-refractivity contribution in [2.75, 3.05) is 12.3 Å². The minimum absolute atomic E-state index is 0.236. The summed E-state index contributed by atoms with van der Waals surface area (Å²) in [6.07, 6.45) is 0. The molecule has 1 amide bonds. The Morgan fingerprint density at radius 1 is 1.75 bits per heavy atom. The van der Waals surface area contributed by atoms with Crippen LogP contribution in [0, 0.1) is 4.91 Å². The van der Waals surface area contributed by atoms with Gasteiger partial charge in [-0.15, -0.1) is 4.91 Å². The molecule has 0 aromatic heterocycles. The zero-order chi connectivity index (χ0) is 5.98. The molecule has 1 aliphatic heterocycles. The largest absolute Gasteiger partial charge is 0.304 e. The molecule has 0 saturated carbocycles. The highest BCUT2D eigenvalue weighted by Gasteiger charge is 2.20. The van der Waals surface area contributed by atoms with Gasteiger partial charge in [-0.1, -0.05) is 11.8 Å². The maximum atomic E-state index is 10.4. The fraction of sp³-hybridized carbons (Fsp3) is 0.667. The zero-order valence-corrected chi connectivity index (χ0v) is 4.85. The van der Waals surface area contributed by atoms with E-state index in [9.17, 15) is 9.70 Å². The van der Waals surface area contributed by atoms with Crippen LogP contribution < -0.4 is 0 Å². The zero-order valence-electron chi connectivity index (χ0n) is 4.03. The fourth-order valence-electron chi connectivity index (χ4n) is 0.459. The van der Waals surface area contributed by atoms with Crippen LogP contribution in [0.15, 0.2) is 5.29 Å². The van der Waals surface area contributed by atoms with Gasteiger partial charge in [0.05, 0.1) is 11.8 Å². The van der Waals surface area contributed by atoms with Crippen molar-refractivity contribution < 1.29 is 4.79 Å². The Labute approximate surface area is 50.2 Å². The van der Waals surface area contributed by atoms with Crippen molar-refractivity contribution in [3.8, 4) is 0 Å². The summed E-state index contributed by atoms with van der Waals surface area (Å²) in [7, 11) is 0. The Morgan fingerprint density at radius 3 is 2.75 bits per heavy atom. The molecule has 0 aromatic carbocycles. The van der Waals surface area contributed by atoms with E-state index in [-0.39, 0.29) is 5.24 Å². The van der Waals surface area contributed by atoms with Gasteiger partial charge in [0.1, 0.15) is 0 Å². The second-order valence-electron chi connectivity index (χ2n) is 1.32. The van der Waals surface area contributed by atoms with E-state index in [4.69, 9.17) is 0 Å². The number of rotatable bonds is 1. The number of nitrogens with zero attached hydrogens (tertiary/aromatic N) is 2. The van der Waals surface area contributed by atoms with Crippen molar-refractivity contribution >= 4 is 17.0 Å². The van der Waals surface area contributed by atoms with Crippen molar-refractivity contribution in [2.24, 2.45) is 5.29 Å². The van der Waals surface area contributed by atoms with Gasteiger partial charge >= 0.3 is 5.24 Å². The first-order valence-electron chi connectivity index (χ1n) is 2.12. The SMILES string of the molecule is O=NN1CCSC1=O. The van der Waals surface area contributed by atoms with Gasteiger partial charge in [0.2, 0.25) is 0 Å². The molecule has 0 aromatic rings. The molecule has 1 fully saturated rings. The van der Waals surface area contributed by atoms with Gasteiger partial charge in [-0.05, 0) is 0 Å². The molecular weight excluding hydrogens is 128 g/mol. The van der Waals surface area contributed by atoms with E-state index in [1.807, 2.05) is 0 Å². The van der Waals surface area contributed by atoms with Crippen LogP contribution in [0.3, 0.4) is 0 Å². The lowest BCUT2D eigenvalue weighted by atomic mass is 10.7. The molecule has 1 rings (SSSR count). The lowest BCUT2D eigenvalue weighted by Crippen LogP contribution is -2.14. The Morgan fingerprint density at radius 2 is 2.50 bits per heavy atom. The molecule has 0 radical (unpaired) electrons. The summed E-state index contributed by atoms with van der Waals surface area (Å²) in [4.78, 5) is 20.1. The second-order valence-corrected chi connectivity index (χ2v) is 2.37. The van der Waals surface area contributed by atoms with E-state index < -0.39 is 0 Å². The van der Waals surface area contributed by atoms with Crippen LogP contribution in [-0.4, -0.2) is 22.5 Å². The first-order chi connectivity index (χ1) is 3.84. The predicted molar refractivity (Wildman–Crippen MR) is 30.4 cm³/mol. The Hall–Kier alpha value is -0.580. The highest BCUT2D eigenvalue weighted by atomic mass is 32.2. The first-order valence-corrected chi connectivity index (χ1v) is 3.10. The first kappa shape index (κ1) is 5.55. The van der Waals surface area contributed by atoms with Gasteiger partial charge in [0.25, 0.3) is 0 Å². The molecule has 1 heterocycles. The molecule has 1 saturated heterocycles. The third-order valence-electron chi connectivity index (χ3n) is 0.838. The molecule has 44 valence electrons. The molecule has 0 unspecified atom stereocenters. The molecule has 8 heavy (non-hydrogen) atoms. The molecule has 0 aliphatic carbocycles. The number of hydrogen-bond acceptors (Lipinski definition) is 4. The predicted octanol–water partition coefficient (Wildman–Crippen LogP) is 0.837. The number of amides is 1. The van der Waals surface area contributed by atoms with Crippen molar-refractivity contribution in [1.29, 1.82) is 0 Å². The number of carbonyl (C=O) groups is 1. The summed E-state index contributed by atoms with van der Waals surface area (Å²) >= 11 is 1.12. The molecule has 1 aliphatic rings. The molecule has 4 nitrogen and oxygen atoms in total. The number of carbonyl (C=O) groups excluding carboxylic acids is 1. The lowest BCUT2D eigenvalue weighted by molar-refractivity contribution is 0.231. The van der Waals surface area contributed by atoms with Crippen molar-refractivity contribution in [1.82, 2.24) is 5.01 Å². The van der Waals surface area contributed by atoms with E-state index in [0.29, 0.717) is 12.3 Å². The van der Waals surface area contributed by atoms with Crippen molar-refractivity contribution in [2.45, 2.75) is 0 Å². The Balaban J connectivity index is 2.54. The quantitative estimate of drug-likeness (QED) is 0.496. The van der Waals surface area contributed by atoms with Crippen LogP contribution in [0.25, 0.3) is 0 Å². The Bertz CT molecular complexity index is 126. The van der Waals surface area contributed by atoms with Crippen LogP contribution in [0.1, 0.15) is 0 Å². The van der Waals surface area contributed by atoms with Crippen LogP contribution in [0.5, 0.6) is 0 Å². The number of hydrogen-bond donors (Lipinski definition) is 0. The summed E-state index contributed by atoms with van der Waals surface area (Å²) < 4.78 is 0. The molecular formula is C3H4N2O2S.